The molecule has 0 aliphatic heterocycles. The average molecular weight is 180 g/mol. The van der Waals surface area contributed by atoms with Gasteiger partial charge < -0.3 is 11.0 Å². The number of rotatable bonds is 0. The maximum atomic E-state index is 8.17. The third-order valence-electron chi connectivity index (χ3n) is 0. The van der Waals surface area contributed by atoms with Gasteiger partial charge >= 0.3 is 30.8 Å². The third-order valence-corrected chi connectivity index (χ3v) is 0. The summed E-state index contributed by atoms with van der Waals surface area (Å²) >= 11 is 0. The normalized spacial score (nSPS) is 0.667. The first-order valence-corrected chi connectivity index (χ1v) is 0.707. The van der Waals surface area contributed by atoms with Gasteiger partial charge in [-0.2, -0.15) is 0 Å². The predicted molar refractivity (Wildman–Crippen MR) is 11.8 cm³/mol. The van der Waals surface area contributed by atoms with Crippen LogP contribution in [0.2, 0.25) is 0 Å². The number of hydrogen-bond acceptors (Lipinski definition) is 1. The van der Waals surface area contributed by atoms with E-state index in [0.29, 0.717) is 0 Å². The minimum Gasteiger partial charge on any atom is -2.00 e. The van der Waals surface area contributed by atoms with Gasteiger partial charge in [-0.1, -0.05) is 4.57 Å². The Morgan fingerprint density at radius 2 is 1.00 bits per heavy atom. The summed E-state index contributed by atoms with van der Waals surface area (Å²) in [6, 6.07) is 0. The van der Waals surface area contributed by atoms with Crippen LogP contribution in [0.4, 0.5) is 0 Å². The summed E-state index contributed by atoms with van der Waals surface area (Å²) in [5.41, 5.74) is 0. The largest absolute Gasteiger partial charge is 4.00 e. The van der Waals surface area contributed by atoms with Crippen LogP contribution in [0.5, 0.6) is 0 Å². The molecule has 0 rings (SSSR count). The zero-order valence-corrected chi connectivity index (χ0v) is 6.86. The van der Waals surface area contributed by atoms with Crippen LogP contribution in [0, 0.1) is 0 Å². The van der Waals surface area contributed by atoms with Crippen molar-refractivity contribution < 1.29 is 55.8 Å². The van der Waals surface area contributed by atoms with E-state index in [0.717, 1.165) is 0 Å². The molecule has 0 amide bonds. The summed E-state index contributed by atoms with van der Waals surface area (Å²) in [6.45, 7) is 0. The summed E-state index contributed by atoms with van der Waals surface area (Å²) in [4.78, 5) is 0. The molecule has 0 aromatic heterocycles. The molecule has 1 unspecified atom stereocenters. The molecule has 0 aliphatic carbocycles. The first kappa shape index (κ1) is 54.4. The molecule has 0 saturated carbocycles. The smallest absolute Gasteiger partial charge is 2.00 e. The van der Waals surface area contributed by atoms with E-state index >= 15 is 0 Å². The molecule has 0 aromatic rings. The van der Waals surface area contributed by atoms with Crippen molar-refractivity contribution in [3.8, 4) is 0 Å². The molecule has 3 nitrogen and oxygen atoms in total. The van der Waals surface area contributed by atoms with E-state index in [4.69, 9.17) is 4.57 Å². The van der Waals surface area contributed by atoms with Crippen LogP contribution in [-0.4, -0.2) is 0 Å². The molecule has 0 aliphatic rings. The van der Waals surface area contributed by atoms with Crippen molar-refractivity contribution in [2.24, 2.45) is 0 Å². The van der Waals surface area contributed by atoms with Crippen molar-refractivity contribution >= 4 is 9.12 Å². The Balaban J connectivity index is -0.000000000833. The molecular weight excluding hydrogens is 178 g/mol. The summed E-state index contributed by atoms with van der Waals surface area (Å²) in [6.07, 6.45) is 0. The van der Waals surface area contributed by atoms with E-state index < -0.39 is 0 Å². The van der Waals surface area contributed by atoms with E-state index in [9.17, 15) is 0 Å². The second-order valence-electron chi connectivity index (χ2n) is 0. The summed E-state index contributed by atoms with van der Waals surface area (Å²) in [5, 5.41) is 0. The zero-order chi connectivity index (χ0) is 2.00. The van der Waals surface area contributed by atoms with Gasteiger partial charge in [0.15, 0.2) is 0 Å². The summed E-state index contributed by atoms with van der Waals surface area (Å²) < 4.78 is 8.17. The van der Waals surface area contributed by atoms with Crippen molar-refractivity contribution in [3.63, 3.8) is 0 Å². The van der Waals surface area contributed by atoms with Gasteiger partial charge in [0.2, 0.25) is 0 Å². The topological polar surface area (TPSA) is 74.1 Å². The van der Waals surface area contributed by atoms with Crippen LogP contribution in [0.1, 0.15) is 0 Å². The van der Waals surface area contributed by atoms with E-state index in [-0.39, 0.29) is 51.2 Å². The van der Waals surface area contributed by atoms with Crippen molar-refractivity contribution in [1.29, 1.82) is 0 Å². The molecule has 33 valence electrons. The van der Waals surface area contributed by atoms with Gasteiger partial charge in [0.25, 0.3) is 0 Å². The van der Waals surface area contributed by atoms with Gasteiger partial charge in [-0.05, 0) is 0 Å². The van der Waals surface area contributed by atoms with Crippen molar-refractivity contribution in [3.05, 3.63) is 0 Å². The molecule has 0 spiro atoms. The first-order chi connectivity index (χ1) is 1.00. The molecule has 6 heteroatoms. The van der Waals surface area contributed by atoms with Crippen LogP contribution < -0.4 is 0 Å². The zero-order valence-electron chi connectivity index (χ0n) is 2.75. The standard InChI is InChI=1S/H2OP.2O.Ti.V/c1-2;;;;/h2H2;;;;/q+1;2*-2;+4;. The molecular formula is H2O3PTiV+. The van der Waals surface area contributed by atoms with Gasteiger partial charge in [0.05, 0.1) is 0 Å². The Morgan fingerprint density at radius 3 is 1.00 bits per heavy atom. The maximum Gasteiger partial charge on any atom is 4.00 e. The quantitative estimate of drug-likeness (QED) is 0.380. The maximum absolute atomic E-state index is 8.17. The molecule has 6 heavy (non-hydrogen) atoms. The Labute approximate surface area is 64.9 Å². The van der Waals surface area contributed by atoms with Gasteiger partial charge in [-0.25, -0.2) is 0 Å². The van der Waals surface area contributed by atoms with Crippen LogP contribution in [-0.2, 0) is 55.8 Å². The van der Waals surface area contributed by atoms with E-state index in [1.165, 1.54) is 9.12 Å². The summed E-state index contributed by atoms with van der Waals surface area (Å²) in [5.74, 6) is 0. The molecule has 0 heterocycles. The van der Waals surface area contributed by atoms with Gasteiger partial charge in [0.1, 0.15) is 0 Å². The molecule has 0 N–H and O–H groups in total. The van der Waals surface area contributed by atoms with Crippen LogP contribution in [0.3, 0.4) is 0 Å². The second-order valence-corrected chi connectivity index (χ2v) is 0. The second kappa shape index (κ2) is 103. The fraction of sp³-hybridized carbons (Fsp3) is 0. The van der Waals surface area contributed by atoms with Gasteiger partial charge in [-0.3, -0.25) is 0 Å². The Morgan fingerprint density at radius 1 is 1.00 bits per heavy atom. The monoisotopic (exact) mass is 180 g/mol. The van der Waals surface area contributed by atoms with Crippen LogP contribution >= 0.6 is 9.12 Å². The summed E-state index contributed by atoms with van der Waals surface area (Å²) in [7, 11) is 1.17. The Bertz CT molecular complexity index is 10.8. The fourth-order valence-electron chi connectivity index (χ4n) is 0. The van der Waals surface area contributed by atoms with E-state index in [1.54, 1.807) is 0 Å². The van der Waals surface area contributed by atoms with Crippen molar-refractivity contribution in [2.75, 3.05) is 0 Å². The molecule has 1 atom stereocenters. The van der Waals surface area contributed by atoms with Crippen molar-refractivity contribution in [1.82, 2.24) is 0 Å². The van der Waals surface area contributed by atoms with Gasteiger partial charge in [-0.15, -0.1) is 0 Å². The van der Waals surface area contributed by atoms with Crippen LogP contribution in [0.25, 0.3) is 0 Å². The molecule has 1 radical (unpaired) electrons. The van der Waals surface area contributed by atoms with E-state index in [2.05, 4.69) is 0 Å². The number of hydrogen-bond donors (Lipinski definition) is 0. The minimum absolute atomic E-state index is 0. The molecule has 0 aromatic carbocycles. The fourth-order valence-corrected chi connectivity index (χ4v) is 0. The molecule has 0 bridgehead atoms. The predicted octanol–water partition coefficient (Wildman–Crippen LogP) is -0.0356. The van der Waals surface area contributed by atoms with E-state index in [1.807, 2.05) is 0 Å². The van der Waals surface area contributed by atoms with Gasteiger partial charge in [0, 0.05) is 18.6 Å². The average Bonchev–Trinajstić information content (AvgIpc) is 1.00. The Kier molecular flexibility index (Phi) is 931. The third kappa shape index (κ3) is 57.0. The molecule has 0 fully saturated rings. The van der Waals surface area contributed by atoms with Crippen molar-refractivity contribution in [2.45, 2.75) is 0 Å². The SMILES string of the molecule is O=[PH2+].[O-2].[O-2].[Ti+4].[V]. The van der Waals surface area contributed by atoms with Crippen LogP contribution in [0.15, 0.2) is 0 Å². The molecule has 0 saturated heterocycles. The first-order valence-electron chi connectivity index (χ1n) is 0.236. The Hall–Kier alpha value is 1.32. The minimum atomic E-state index is 0.